The predicted octanol–water partition coefficient (Wildman–Crippen LogP) is 4.06. The fourth-order valence-corrected chi connectivity index (χ4v) is 3.82. The molecule has 2 amide bonds. The van der Waals surface area contributed by atoms with Gasteiger partial charge in [-0.3, -0.25) is 9.59 Å². The molecule has 1 heterocycles. The maximum Gasteiger partial charge on any atom is 0.230 e. The van der Waals surface area contributed by atoms with Crippen molar-refractivity contribution in [2.24, 2.45) is 11.8 Å². The number of furan rings is 1. The van der Waals surface area contributed by atoms with Crippen LogP contribution in [0.1, 0.15) is 43.9 Å². The zero-order chi connectivity index (χ0) is 19.2. The Labute approximate surface area is 160 Å². The number of amides is 2. The second kappa shape index (κ2) is 8.89. The average molecular weight is 368 g/mol. The van der Waals surface area contributed by atoms with Crippen LogP contribution in [-0.2, 0) is 16.1 Å². The van der Waals surface area contributed by atoms with Gasteiger partial charge in [0, 0.05) is 24.1 Å². The van der Waals surface area contributed by atoms with Crippen LogP contribution < -0.4 is 10.2 Å². The average Bonchev–Trinajstić information content (AvgIpc) is 3.20. The third kappa shape index (κ3) is 4.79. The number of rotatable bonds is 6. The van der Waals surface area contributed by atoms with Crippen molar-refractivity contribution in [1.29, 1.82) is 0 Å². The van der Waals surface area contributed by atoms with Gasteiger partial charge in [0.2, 0.25) is 11.8 Å². The van der Waals surface area contributed by atoms with E-state index in [-0.39, 0.29) is 23.7 Å². The van der Waals surface area contributed by atoms with Gasteiger partial charge in [-0.25, -0.2) is 0 Å². The van der Waals surface area contributed by atoms with Gasteiger partial charge in [-0.05, 0) is 69.4 Å². The number of nitrogens with zero attached hydrogens (tertiary/aromatic N) is 1. The lowest BCUT2D eigenvalue weighted by Gasteiger charge is -2.31. The maximum absolute atomic E-state index is 13.0. The van der Waals surface area contributed by atoms with Crippen molar-refractivity contribution >= 4 is 17.5 Å². The second-order valence-electron chi connectivity index (χ2n) is 7.27. The molecule has 1 N–H and O–H groups in total. The lowest BCUT2D eigenvalue weighted by atomic mass is 9.80. The van der Waals surface area contributed by atoms with Crippen molar-refractivity contribution in [2.75, 3.05) is 11.4 Å². The van der Waals surface area contributed by atoms with Gasteiger partial charge in [0.05, 0.1) is 12.8 Å². The van der Waals surface area contributed by atoms with Crippen LogP contribution in [-0.4, -0.2) is 18.4 Å². The van der Waals surface area contributed by atoms with Crippen molar-refractivity contribution < 1.29 is 14.0 Å². The predicted molar refractivity (Wildman–Crippen MR) is 105 cm³/mol. The molecule has 3 rings (SSSR count). The summed E-state index contributed by atoms with van der Waals surface area (Å²) in [5.74, 6) is 0.975. The summed E-state index contributed by atoms with van der Waals surface area (Å²) in [5.41, 5.74) is 2.11. The summed E-state index contributed by atoms with van der Waals surface area (Å²) < 4.78 is 5.24. The number of anilines is 1. The Morgan fingerprint density at radius 3 is 2.48 bits per heavy atom. The molecule has 1 aromatic heterocycles. The number of carbonyl (C=O) groups is 2. The summed E-state index contributed by atoms with van der Waals surface area (Å²) >= 11 is 0. The number of carbonyl (C=O) groups excluding carboxylic acids is 2. The van der Waals surface area contributed by atoms with Crippen molar-refractivity contribution in [3.05, 3.63) is 54.0 Å². The molecule has 1 aliphatic rings. The van der Waals surface area contributed by atoms with E-state index >= 15 is 0 Å². The van der Waals surface area contributed by atoms with Gasteiger partial charge >= 0.3 is 0 Å². The van der Waals surface area contributed by atoms with Crippen LogP contribution in [0.3, 0.4) is 0 Å². The molecule has 0 unspecified atom stereocenters. The SMILES string of the molecule is CCN(C(=O)C1CCC(C(=O)NCc2ccco2)CC1)c1cccc(C)c1. The summed E-state index contributed by atoms with van der Waals surface area (Å²) in [5, 5.41) is 2.94. The van der Waals surface area contributed by atoms with Crippen LogP contribution in [0.25, 0.3) is 0 Å². The lowest BCUT2D eigenvalue weighted by molar-refractivity contribution is -0.129. The quantitative estimate of drug-likeness (QED) is 0.836. The molecule has 0 bridgehead atoms. The van der Waals surface area contributed by atoms with E-state index in [0.717, 1.165) is 42.7 Å². The van der Waals surface area contributed by atoms with E-state index in [4.69, 9.17) is 4.42 Å². The standard InChI is InChI=1S/C22H28N2O3/c1-3-24(19-7-4-6-16(2)14-19)22(26)18-11-9-17(10-12-18)21(25)23-15-20-8-5-13-27-20/h4-8,13-14,17-18H,3,9-12,15H2,1-2H3,(H,23,25). The van der Waals surface area contributed by atoms with Crippen molar-refractivity contribution in [3.63, 3.8) is 0 Å². The topological polar surface area (TPSA) is 62.6 Å². The van der Waals surface area contributed by atoms with E-state index in [1.165, 1.54) is 0 Å². The summed E-state index contributed by atoms with van der Waals surface area (Å²) in [6.45, 7) is 5.12. The molecule has 0 spiro atoms. The molecule has 1 saturated carbocycles. The molecular formula is C22H28N2O3. The van der Waals surface area contributed by atoms with Gasteiger partial charge < -0.3 is 14.6 Å². The number of benzene rings is 1. The second-order valence-corrected chi connectivity index (χ2v) is 7.27. The minimum Gasteiger partial charge on any atom is -0.467 e. The van der Waals surface area contributed by atoms with Gasteiger partial charge in [-0.1, -0.05) is 12.1 Å². The largest absolute Gasteiger partial charge is 0.467 e. The molecule has 1 aromatic carbocycles. The van der Waals surface area contributed by atoms with E-state index in [9.17, 15) is 9.59 Å². The Hall–Kier alpha value is -2.56. The lowest BCUT2D eigenvalue weighted by Crippen LogP contribution is -2.40. The van der Waals surface area contributed by atoms with Crippen molar-refractivity contribution in [3.8, 4) is 0 Å². The normalized spacial score (nSPS) is 19.5. The molecular weight excluding hydrogens is 340 g/mol. The van der Waals surface area contributed by atoms with E-state index in [1.54, 1.807) is 6.26 Å². The third-order valence-corrected chi connectivity index (χ3v) is 5.36. The first-order valence-electron chi connectivity index (χ1n) is 9.76. The van der Waals surface area contributed by atoms with Gasteiger partial charge in [-0.15, -0.1) is 0 Å². The van der Waals surface area contributed by atoms with Crippen LogP contribution in [0, 0.1) is 18.8 Å². The fourth-order valence-electron chi connectivity index (χ4n) is 3.82. The number of nitrogens with one attached hydrogen (secondary N) is 1. The fraction of sp³-hybridized carbons (Fsp3) is 0.455. The Morgan fingerprint density at radius 2 is 1.85 bits per heavy atom. The van der Waals surface area contributed by atoms with E-state index in [0.29, 0.717) is 13.1 Å². The smallest absolute Gasteiger partial charge is 0.230 e. The highest BCUT2D eigenvalue weighted by Gasteiger charge is 2.32. The van der Waals surface area contributed by atoms with Crippen molar-refractivity contribution in [1.82, 2.24) is 5.32 Å². The highest BCUT2D eigenvalue weighted by atomic mass is 16.3. The molecule has 0 saturated heterocycles. The molecule has 0 atom stereocenters. The minimum atomic E-state index is -0.0157. The Bertz CT molecular complexity index is 762. The molecule has 0 aliphatic heterocycles. The van der Waals surface area contributed by atoms with Crippen LogP contribution in [0.2, 0.25) is 0 Å². The highest BCUT2D eigenvalue weighted by Crippen LogP contribution is 2.31. The van der Waals surface area contributed by atoms with Crippen LogP contribution >= 0.6 is 0 Å². The summed E-state index contributed by atoms with van der Waals surface area (Å²) in [7, 11) is 0. The number of hydrogen-bond donors (Lipinski definition) is 1. The van der Waals surface area contributed by atoms with E-state index < -0.39 is 0 Å². The summed E-state index contributed by atoms with van der Waals surface area (Å²) in [4.78, 5) is 27.3. The molecule has 5 heteroatoms. The highest BCUT2D eigenvalue weighted by molar-refractivity contribution is 5.95. The summed E-state index contributed by atoms with van der Waals surface area (Å²) in [6, 6.07) is 11.7. The number of hydrogen-bond acceptors (Lipinski definition) is 3. The Kier molecular flexibility index (Phi) is 6.32. The first-order valence-corrected chi connectivity index (χ1v) is 9.76. The van der Waals surface area contributed by atoms with Gasteiger partial charge in [0.15, 0.2) is 0 Å². The van der Waals surface area contributed by atoms with Gasteiger partial charge in [0.25, 0.3) is 0 Å². The zero-order valence-corrected chi connectivity index (χ0v) is 16.1. The number of aryl methyl sites for hydroxylation is 1. The molecule has 144 valence electrons. The molecule has 5 nitrogen and oxygen atoms in total. The van der Waals surface area contributed by atoms with Crippen LogP contribution in [0.15, 0.2) is 47.1 Å². The molecule has 1 aliphatic carbocycles. The zero-order valence-electron chi connectivity index (χ0n) is 16.1. The van der Waals surface area contributed by atoms with Gasteiger partial charge in [0.1, 0.15) is 5.76 Å². The molecule has 1 fully saturated rings. The van der Waals surface area contributed by atoms with E-state index in [1.807, 2.05) is 49.1 Å². The van der Waals surface area contributed by atoms with Crippen LogP contribution in [0.5, 0.6) is 0 Å². The first-order chi connectivity index (χ1) is 13.1. The monoisotopic (exact) mass is 368 g/mol. The molecule has 0 radical (unpaired) electrons. The Balaban J connectivity index is 1.53. The van der Waals surface area contributed by atoms with Crippen molar-refractivity contribution in [2.45, 2.75) is 46.1 Å². The van der Waals surface area contributed by atoms with Gasteiger partial charge in [-0.2, -0.15) is 0 Å². The molecule has 27 heavy (non-hydrogen) atoms. The minimum absolute atomic E-state index is 0.000383. The van der Waals surface area contributed by atoms with E-state index in [2.05, 4.69) is 11.4 Å². The first kappa shape index (κ1) is 19.2. The third-order valence-electron chi connectivity index (χ3n) is 5.36. The van der Waals surface area contributed by atoms with Crippen LogP contribution in [0.4, 0.5) is 5.69 Å². The Morgan fingerprint density at radius 1 is 1.11 bits per heavy atom. The summed E-state index contributed by atoms with van der Waals surface area (Å²) in [6.07, 6.45) is 4.64. The molecule has 2 aromatic rings. The maximum atomic E-state index is 13.0.